The molecule has 0 radical (unpaired) electrons. The normalized spacial score (nSPS) is 53.6. The Labute approximate surface area is 107 Å². The largest absolute Gasteiger partial charge is 0.0502 e. The van der Waals surface area contributed by atoms with E-state index in [9.17, 15) is 0 Å². The molecule has 0 heterocycles. The first kappa shape index (κ1) is 10.9. The molecule has 1 unspecified atom stereocenters. The van der Waals surface area contributed by atoms with Gasteiger partial charge in [-0.05, 0) is 86.9 Å². The first-order valence-corrected chi connectivity index (χ1v) is 8.36. The Morgan fingerprint density at radius 1 is 0.529 bits per heavy atom. The summed E-state index contributed by atoms with van der Waals surface area (Å²) in [5.74, 6) is 4.56. The zero-order chi connectivity index (χ0) is 11.3. The topological polar surface area (TPSA) is 0 Å². The Kier molecular flexibility index (Phi) is 2.56. The van der Waals surface area contributed by atoms with Crippen molar-refractivity contribution in [3.8, 4) is 0 Å². The van der Waals surface area contributed by atoms with Gasteiger partial charge in [0.2, 0.25) is 0 Å². The molecule has 6 rings (SSSR count). The minimum absolute atomic E-state index is 0.846. The van der Waals surface area contributed by atoms with E-state index in [1.165, 1.54) is 0 Å². The molecule has 4 bridgehead atoms. The van der Waals surface area contributed by atoms with Gasteiger partial charge in [0.15, 0.2) is 0 Å². The SMILES string of the molecule is C1CC2CCC1CCC2C12CCC(CC1)CC2. The number of hydrogen-bond acceptors (Lipinski definition) is 0. The van der Waals surface area contributed by atoms with Crippen LogP contribution >= 0.6 is 0 Å². The van der Waals surface area contributed by atoms with Crippen molar-refractivity contribution in [3.05, 3.63) is 0 Å². The van der Waals surface area contributed by atoms with E-state index in [1.54, 1.807) is 77.0 Å². The first-order chi connectivity index (χ1) is 8.36. The van der Waals surface area contributed by atoms with Crippen molar-refractivity contribution in [2.45, 2.75) is 77.0 Å². The third kappa shape index (κ3) is 1.70. The first-order valence-electron chi connectivity index (χ1n) is 8.36. The maximum absolute atomic E-state index is 1.61. The van der Waals surface area contributed by atoms with Gasteiger partial charge in [-0.1, -0.05) is 19.3 Å². The molecular weight excluding hydrogens is 204 g/mol. The molecule has 0 nitrogen and oxygen atoms in total. The lowest BCUT2D eigenvalue weighted by Crippen LogP contribution is -2.42. The quantitative estimate of drug-likeness (QED) is 0.585. The average Bonchev–Trinajstić information content (AvgIpc) is 2.75. The highest BCUT2D eigenvalue weighted by Crippen LogP contribution is 2.60. The van der Waals surface area contributed by atoms with Crippen molar-refractivity contribution in [3.63, 3.8) is 0 Å². The summed E-state index contributed by atoms with van der Waals surface area (Å²) in [7, 11) is 0. The Bertz CT molecular complexity index is 263. The molecule has 6 aliphatic rings. The molecule has 6 aliphatic carbocycles. The van der Waals surface area contributed by atoms with Crippen LogP contribution in [0.1, 0.15) is 77.0 Å². The molecule has 0 spiro atoms. The standard InChI is InChI=1S/C17H28/c1-4-15-5-2-13(1)3-6-16(15)17-10-7-14(8-11-17)9-12-17/h13-16H,1-12H2. The maximum Gasteiger partial charge on any atom is -0.0266 e. The van der Waals surface area contributed by atoms with E-state index in [2.05, 4.69) is 0 Å². The minimum Gasteiger partial charge on any atom is -0.0502 e. The van der Waals surface area contributed by atoms with E-state index >= 15 is 0 Å². The molecule has 96 valence electrons. The van der Waals surface area contributed by atoms with Crippen molar-refractivity contribution in [2.75, 3.05) is 0 Å². The van der Waals surface area contributed by atoms with Crippen LogP contribution < -0.4 is 0 Å². The van der Waals surface area contributed by atoms with Crippen LogP contribution in [0.4, 0.5) is 0 Å². The zero-order valence-corrected chi connectivity index (χ0v) is 11.3. The Balaban J connectivity index is 1.60. The zero-order valence-electron chi connectivity index (χ0n) is 11.3. The molecule has 0 amide bonds. The van der Waals surface area contributed by atoms with Crippen molar-refractivity contribution < 1.29 is 0 Å². The molecule has 0 saturated heterocycles. The predicted octanol–water partition coefficient (Wildman–Crippen LogP) is 5.17. The highest BCUT2D eigenvalue weighted by atomic mass is 14.5. The molecule has 6 fully saturated rings. The summed E-state index contributed by atoms with van der Waals surface area (Å²) in [5.41, 5.74) is 0.846. The second-order valence-electron chi connectivity index (χ2n) is 7.81. The van der Waals surface area contributed by atoms with E-state index in [1.807, 2.05) is 0 Å². The number of rotatable bonds is 1. The van der Waals surface area contributed by atoms with Crippen LogP contribution in [-0.2, 0) is 0 Å². The monoisotopic (exact) mass is 232 g/mol. The van der Waals surface area contributed by atoms with Gasteiger partial charge in [-0.3, -0.25) is 0 Å². The summed E-state index contributed by atoms with van der Waals surface area (Å²) < 4.78 is 0. The van der Waals surface area contributed by atoms with E-state index in [0.29, 0.717) is 0 Å². The number of hydrogen-bond donors (Lipinski definition) is 0. The van der Waals surface area contributed by atoms with E-state index < -0.39 is 0 Å². The second kappa shape index (κ2) is 4.00. The van der Waals surface area contributed by atoms with Crippen LogP contribution in [0.5, 0.6) is 0 Å². The highest BCUT2D eigenvalue weighted by Gasteiger charge is 2.49. The van der Waals surface area contributed by atoms with E-state index in [-0.39, 0.29) is 0 Å². The van der Waals surface area contributed by atoms with Gasteiger partial charge >= 0.3 is 0 Å². The summed E-state index contributed by atoms with van der Waals surface area (Å²) in [5, 5.41) is 0. The van der Waals surface area contributed by atoms with Gasteiger partial charge in [-0.15, -0.1) is 0 Å². The van der Waals surface area contributed by atoms with Crippen molar-refractivity contribution in [1.29, 1.82) is 0 Å². The van der Waals surface area contributed by atoms with Gasteiger partial charge in [-0.25, -0.2) is 0 Å². The summed E-state index contributed by atoms with van der Waals surface area (Å²) in [6.45, 7) is 0. The highest BCUT2D eigenvalue weighted by molar-refractivity contribution is 5.00. The molecule has 0 N–H and O–H groups in total. The van der Waals surface area contributed by atoms with Crippen molar-refractivity contribution in [2.24, 2.45) is 29.1 Å². The second-order valence-corrected chi connectivity index (χ2v) is 7.81. The van der Waals surface area contributed by atoms with Crippen molar-refractivity contribution in [1.82, 2.24) is 0 Å². The lowest BCUT2D eigenvalue weighted by Gasteiger charge is -2.53. The van der Waals surface area contributed by atoms with Crippen LogP contribution in [0.3, 0.4) is 0 Å². The number of fused-ring (bicyclic) bond motifs is 7. The van der Waals surface area contributed by atoms with E-state index in [0.717, 1.165) is 29.1 Å². The van der Waals surface area contributed by atoms with Gasteiger partial charge in [0.1, 0.15) is 0 Å². The van der Waals surface area contributed by atoms with Crippen molar-refractivity contribution >= 4 is 0 Å². The fourth-order valence-corrected chi connectivity index (χ4v) is 6.18. The smallest absolute Gasteiger partial charge is 0.0266 e. The molecule has 6 saturated carbocycles. The van der Waals surface area contributed by atoms with Gasteiger partial charge < -0.3 is 0 Å². The fourth-order valence-electron chi connectivity index (χ4n) is 6.18. The third-order valence-electron chi connectivity index (χ3n) is 7.28. The van der Waals surface area contributed by atoms with Crippen LogP contribution in [0.2, 0.25) is 0 Å². The van der Waals surface area contributed by atoms with Gasteiger partial charge in [0.25, 0.3) is 0 Å². The lowest BCUT2D eigenvalue weighted by molar-refractivity contribution is -0.0227. The summed E-state index contributed by atoms with van der Waals surface area (Å²) in [4.78, 5) is 0. The molecule has 0 aromatic heterocycles. The third-order valence-corrected chi connectivity index (χ3v) is 7.28. The summed E-state index contributed by atoms with van der Waals surface area (Å²) in [6.07, 6.45) is 19.2. The van der Waals surface area contributed by atoms with E-state index in [4.69, 9.17) is 0 Å². The Hall–Kier alpha value is 0. The van der Waals surface area contributed by atoms with Crippen LogP contribution in [-0.4, -0.2) is 0 Å². The molecular formula is C17H28. The summed E-state index contributed by atoms with van der Waals surface area (Å²) in [6, 6.07) is 0. The van der Waals surface area contributed by atoms with Gasteiger partial charge in [0.05, 0.1) is 0 Å². The lowest BCUT2D eigenvalue weighted by atomic mass is 9.52. The average molecular weight is 232 g/mol. The molecule has 0 heteroatoms. The fraction of sp³-hybridized carbons (Fsp3) is 1.00. The van der Waals surface area contributed by atoms with Crippen LogP contribution in [0.15, 0.2) is 0 Å². The summed E-state index contributed by atoms with van der Waals surface area (Å²) >= 11 is 0. The predicted molar refractivity (Wildman–Crippen MR) is 71.8 cm³/mol. The van der Waals surface area contributed by atoms with Gasteiger partial charge in [0, 0.05) is 0 Å². The molecule has 1 atom stereocenters. The van der Waals surface area contributed by atoms with Crippen LogP contribution in [0.25, 0.3) is 0 Å². The molecule has 17 heavy (non-hydrogen) atoms. The molecule has 0 aromatic carbocycles. The minimum atomic E-state index is 0.846. The Morgan fingerprint density at radius 2 is 1.06 bits per heavy atom. The molecule has 0 aliphatic heterocycles. The molecule has 0 aromatic rings. The maximum atomic E-state index is 1.61. The van der Waals surface area contributed by atoms with Crippen LogP contribution in [0, 0.1) is 29.1 Å². The Morgan fingerprint density at radius 3 is 1.71 bits per heavy atom. The van der Waals surface area contributed by atoms with Gasteiger partial charge in [-0.2, -0.15) is 0 Å².